The van der Waals surface area contributed by atoms with Crippen LogP contribution in [0.4, 0.5) is 11.4 Å². The number of hydrogen-bond acceptors (Lipinski definition) is 1. The highest BCUT2D eigenvalue weighted by Crippen LogP contribution is 2.57. The molecule has 0 unspecified atom stereocenters. The summed E-state index contributed by atoms with van der Waals surface area (Å²) in [4.78, 5) is 2.46. The van der Waals surface area contributed by atoms with E-state index < -0.39 is 0 Å². The van der Waals surface area contributed by atoms with Gasteiger partial charge in [-0.1, -0.05) is 149 Å². The van der Waals surface area contributed by atoms with Gasteiger partial charge >= 0.3 is 0 Å². The smallest absolute Gasteiger partial charge is 0.0537 e. The van der Waals surface area contributed by atoms with Crippen LogP contribution in [0.2, 0.25) is 0 Å². The molecular formula is C44H35N. The molecule has 7 aromatic carbocycles. The first kappa shape index (κ1) is 26.3. The molecule has 1 nitrogen and oxygen atoms in total. The van der Waals surface area contributed by atoms with Gasteiger partial charge in [0.1, 0.15) is 0 Å². The average Bonchev–Trinajstić information content (AvgIpc) is 3.08. The van der Waals surface area contributed by atoms with Crippen molar-refractivity contribution in [3.63, 3.8) is 0 Å². The average molecular weight is 578 g/mol. The summed E-state index contributed by atoms with van der Waals surface area (Å²) in [6.07, 6.45) is 2.40. The highest BCUT2D eigenvalue weighted by molar-refractivity contribution is 6.25. The number of rotatable bonds is 2. The van der Waals surface area contributed by atoms with Crippen LogP contribution in [-0.2, 0) is 10.8 Å². The lowest BCUT2D eigenvalue weighted by atomic mass is 9.66. The Kier molecular flexibility index (Phi) is 5.37. The van der Waals surface area contributed by atoms with Crippen LogP contribution in [0, 0.1) is 0 Å². The quantitative estimate of drug-likeness (QED) is 0.185. The first-order chi connectivity index (χ1) is 21.8. The molecule has 0 bridgehead atoms. The predicted octanol–water partition coefficient (Wildman–Crippen LogP) is 11.9. The molecule has 0 saturated heterocycles. The standard InChI is InChI=1S/C44H35N/c1-43(2)37-16-9-10-19-41(37)45-27-40(44(3,4)39-18-11-17-38(43)42(39)45)29-22-20-28(21-23-29)30-24-25-35-33-14-6-5-12-31(33)32-13-7-8-15-34(32)36(35)26-30/h5-27H,1-4H3. The maximum atomic E-state index is 2.46. The van der Waals surface area contributed by atoms with Gasteiger partial charge in [-0.25, -0.2) is 0 Å². The molecule has 0 saturated carbocycles. The fourth-order valence-electron chi connectivity index (χ4n) is 8.22. The molecule has 0 N–H and O–H groups in total. The summed E-state index contributed by atoms with van der Waals surface area (Å²) >= 11 is 0. The molecule has 0 fully saturated rings. The summed E-state index contributed by atoms with van der Waals surface area (Å²) in [5.74, 6) is 0. The van der Waals surface area contributed by atoms with Gasteiger partial charge in [0.2, 0.25) is 0 Å². The Bertz CT molecular complexity index is 2330. The maximum absolute atomic E-state index is 2.46. The Morgan fingerprint density at radius 1 is 0.400 bits per heavy atom. The molecule has 2 heterocycles. The molecule has 0 spiro atoms. The van der Waals surface area contributed by atoms with E-state index >= 15 is 0 Å². The van der Waals surface area contributed by atoms with Gasteiger partial charge in [-0.3, -0.25) is 0 Å². The monoisotopic (exact) mass is 577 g/mol. The number of allylic oxidation sites excluding steroid dienone is 1. The number of hydrogen-bond donors (Lipinski definition) is 0. The number of benzene rings is 7. The van der Waals surface area contributed by atoms with Gasteiger partial charge in [-0.05, 0) is 83.4 Å². The van der Waals surface area contributed by atoms with E-state index in [1.54, 1.807) is 0 Å². The van der Waals surface area contributed by atoms with Crippen molar-refractivity contribution in [2.24, 2.45) is 0 Å². The van der Waals surface area contributed by atoms with Crippen molar-refractivity contribution >= 4 is 49.3 Å². The Hall–Kier alpha value is -5.14. The summed E-state index contributed by atoms with van der Waals surface area (Å²) in [5.41, 5.74) is 11.7. The minimum atomic E-state index is -0.144. The molecule has 0 radical (unpaired) electrons. The minimum absolute atomic E-state index is 0.0566. The molecule has 45 heavy (non-hydrogen) atoms. The first-order valence-corrected chi connectivity index (χ1v) is 16.0. The fourth-order valence-corrected chi connectivity index (χ4v) is 8.22. The molecule has 216 valence electrons. The van der Waals surface area contributed by atoms with Gasteiger partial charge in [0, 0.05) is 22.7 Å². The molecule has 0 amide bonds. The summed E-state index contributed by atoms with van der Waals surface area (Å²) in [7, 11) is 0. The van der Waals surface area contributed by atoms with E-state index in [0.29, 0.717) is 0 Å². The second-order valence-corrected chi connectivity index (χ2v) is 13.8. The van der Waals surface area contributed by atoms with Crippen LogP contribution in [-0.4, -0.2) is 0 Å². The van der Waals surface area contributed by atoms with Gasteiger partial charge in [0.25, 0.3) is 0 Å². The molecule has 7 aromatic rings. The number of nitrogens with zero attached hydrogens (tertiary/aromatic N) is 1. The van der Waals surface area contributed by atoms with E-state index in [1.807, 2.05) is 0 Å². The van der Waals surface area contributed by atoms with Crippen LogP contribution >= 0.6 is 0 Å². The van der Waals surface area contributed by atoms with E-state index in [1.165, 1.54) is 82.6 Å². The summed E-state index contributed by atoms with van der Waals surface area (Å²) in [6.45, 7) is 9.49. The summed E-state index contributed by atoms with van der Waals surface area (Å²) < 4.78 is 0. The van der Waals surface area contributed by atoms with E-state index in [2.05, 4.69) is 172 Å². The van der Waals surface area contributed by atoms with E-state index in [0.717, 1.165) is 0 Å². The van der Waals surface area contributed by atoms with Crippen molar-refractivity contribution in [3.05, 3.63) is 162 Å². The van der Waals surface area contributed by atoms with Crippen molar-refractivity contribution in [1.82, 2.24) is 0 Å². The Morgan fingerprint density at radius 2 is 0.889 bits per heavy atom. The SMILES string of the molecule is CC1(C)C(c2ccc(-c3ccc4c5ccccc5c5ccccc5c4c3)cc2)=CN2c3ccccc3C(C)(C)c3cccc1c32. The summed E-state index contributed by atoms with van der Waals surface area (Å²) in [5, 5.41) is 7.86. The van der Waals surface area contributed by atoms with Crippen LogP contribution in [0.3, 0.4) is 0 Å². The first-order valence-electron chi connectivity index (χ1n) is 16.0. The van der Waals surface area contributed by atoms with E-state index in [9.17, 15) is 0 Å². The van der Waals surface area contributed by atoms with Crippen molar-refractivity contribution in [3.8, 4) is 11.1 Å². The van der Waals surface area contributed by atoms with Crippen molar-refractivity contribution < 1.29 is 0 Å². The molecule has 0 atom stereocenters. The fraction of sp³-hybridized carbons (Fsp3) is 0.136. The van der Waals surface area contributed by atoms with Gasteiger partial charge in [0.15, 0.2) is 0 Å². The Morgan fingerprint density at radius 3 is 1.56 bits per heavy atom. The largest absolute Gasteiger partial charge is 0.316 e. The third kappa shape index (κ3) is 3.61. The topological polar surface area (TPSA) is 3.24 Å². The number of fused-ring (bicyclic) bond motifs is 8. The zero-order chi connectivity index (χ0) is 30.5. The maximum Gasteiger partial charge on any atom is 0.0537 e. The molecule has 2 aliphatic rings. The Labute approximate surface area is 265 Å². The second-order valence-electron chi connectivity index (χ2n) is 13.8. The van der Waals surface area contributed by atoms with Crippen LogP contribution in [0.5, 0.6) is 0 Å². The van der Waals surface area contributed by atoms with E-state index in [-0.39, 0.29) is 10.8 Å². The lowest BCUT2D eigenvalue weighted by Crippen LogP contribution is -2.37. The highest BCUT2D eigenvalue weighted by atomic mass is 15.1. The predicted molar refractivity (Wildman–Crippen MR) is 193 cm³/mol. The number of anilines is 2. The van der Waals surface area contributed by atoms with Gasteiger partial charge < -0.3 is 4.90 Å². The zero-order valence-corrected chi connectivity index (χ0v) is 26.2. The van der Waals surface area contributed by atoms with Crippen LogP contribution in [0.25, 0.3) is 49.0 Å². The lowest BCUT2D eigenvalue weighted by Gasteiger charge is -2.47. The van der Waals surface area contributed by atoms with E-state index in [4.69, 9.17) is 0 Å². The molecular weight excluding hydrogens is 542 g/mol. The van der Waals surface area contributed by atoms with Crippen molar-refractivity contribution in [2.75, 3.05) is 4.90 Å². The molecule has 0 aromatic heterocycles. The third-order valence-corrected chi connectivity index (χ3v) is 10.7. The summed E-state index contributed by atoms with van der Waals surface area (Å²) in [6, 6.07) is 49.6. The minimum Gasteiger partial charge on any atom is -0.316 e. The second kappa shape index (κ2) is 9.19. The molecule has 0 aliphatic carbocycles. The normalized spacial score (nSPS) is 16.0. The van der Waals surface area contributed by atoms with Crippen molar-refractivity contribution in [2.45, 2.75) is 38.5 Å². The molecule has 1 heteroatoms. The third-order valence-electron chi connectivity index (χ3n) is 10.7. The van der Waals surface area contributed by atoms with Crippen molar-refractivity contribution in [1.29, 1.82) is 0 Å². The van der Waals surface area contributed by atoms with Crippen LogP contribution < -0.4 is 4.90 Å². The van der Waals surface area contributed by atoms with Crippen LogP contribution in [0.1, 0.15) is 49.9 Å². The zero-order valence-electron chi connectivity index (χ0n) is 26.2. The number of para-hydroxylation sites is 2. The molecule has 2 aliphatic heterocycles. The van der Waals surface area contributed by atoms with Crippen LogP contribution in [0.15, 0.2) is 140 Å². The molecule has 9 rings (SSSR count). The van der Waals surface area contributed by atoms with Gasteiger partial charge in [0.05, 0.1) is 5.69 Å². The highest BCUT2D eigenvalue weighted by Gasteiger charge is 2.43. The van der Waals surface area contributed by atoms with Gasteiger partial charge in [-0.2, -0.15) is 0 Å². The Balaban J connectivity index is 1.17. The van der Waals surface area contributed by atoms with Gasteiger partial charge in [-0.15, -0.1) is 0 Å². The lowest BCUT2D eigenvalue weighted by molar-refractivity contribution is 0.614.